The molecule has 0 amide bonds. The first-order chi connectivity index (χ1) is 35.2. The predicted molar refractivity (Wildman–Crippen MR) is 295 cm³/mol. The highest BCUT2D eigenvalue weighted by Gasteiger charge is 2.53. The van der Waals surface area contributed by atoms with Gasteiger partial charge in [0, 0.05) is 59.8 Å². The van der Waals surface area contributed by atoms with Crippen LogP contribution in [0.25, 0.3) is 0 Å². The van der Waals surface area contributed by atoms with E-state index in [1.807, 2.05) is 23.5 Å². The molecular formula is C60H32B4N2O3S2. The molecule has 0 saturated heterocycles. The van der Waals surface area contributed by atoms with Crippen LogP contribution in [0.15, 0.2) is 214 Å². The Hall–Kier alpha value is -7.84. The van der Waals surface area contributed by atoms with E-state index in [1.54, 1.807) is 0 Å². The van der Waals surface area contributed by atoms with Crippen molar-refractivity contribution in [3.8, 4) is 34.5 Å². The van der Waals surface area contributed by atoms with Crippen molar-refractivity contribution in [2.45, 2.75) is 19.6 Å². The quantitative estimate of drug-likeness (QED) is 0.166. The Bertz CT molecular complexity index is 4110. The number of hydrogen-bond acceptors (Lipinski definition) is 7. The van der Waals surface area contributed by atoms with Crippen molar-refractivity contribution >= 4 is 150 Å². The summed E-state index contributed by atoms with van der Waals surface area (Å²) in [6, 6.07) is 71.8. The van der Waals surface area contributed by atoms with Gasteiger partial charge in [-0.05, 0) is 127 Å². The lowest BCUT2D eigenvalue weighted by atomic mass is 9.28. The molecule has 8 aliphatic rings. The van der Waals surface area contributed by atoms with Crippen molar-refractivity contribution in [3.63, 3.8) is 0 Å². The summed E-state index contributed by atoms with van der Waals surface area (Å²) in [7, 11) is 0. The van der Waals surface area contributed by atoms with Crippen LogP contribution in [0.4, 0.5) is 34.1 Å². The highest BCUT2D eigenvalue weighted by atomic mass is 32.2. The van der Waals surface area contributed by atoms with E-state index in [0.29, 0.717) is 0 Å². The minimum atomic E-state index is -0.0795. The van der Waals surface area contributed by atoms with Crippen LogP contribution in [-0.2, 0) is 0 Å². The summed E-state index contributed by atoms with van der Waals surface area (Å²) >= 11 is 3.76. The first kappa shape index (κ1) is 38.0. The monoisotopic (exact) mass is 936 g/mol. The highest BCUT2D eigenvalue weighted by Crippen LogP contribution is 2.50. The maximum absolute atomic E-state index is 7.27. The van der Waals surface area contributed by atoms with Crippen molar-refractivity contribution in [2.75, 3.05) is 9.80 Å². The van der Waals surface area contributed by atoms with Crippen LogP contribution >= 0.6 is 23.5 Å². The third-order valence-electron chi connectivity index (χ3n) is 16.3. The molecule has 0 N–H and O–H groups in total. The van der Waals surface area contributed by atoms with Gasteiger partial charge >= 0.3 is 0 Å². The number of anilines is 6. The zero-order chi connectivity index (χ0) is 45.8. The summed E-state index contributed by atoms with van der Waals surface area (Å²) in [6.07, 6.45) is 0. The molecule has 10 aromatic rings. The second-order valence-electron chi connectivity index (χ2n) is 19.7. The number of rotatable bonds is 1. The number of nitrogens with zero attached hydrogens (tertiary/aromatic N) is 2. The van der Waals surface area contributed by atoms with Crippen LogP contribution in [0.3, 0.4) is 0 Å². The Morgan fingerprint density at radius 2 is 0.746 bits per heavy atom. The van der Waals surface area contributed by atoms with Gasteiger partial charge in [0.15, 0.2) is 0 Å². The number of ether oxygens (including phenoxy) is 3. The minimum Gasteiger partial charge on any atom is -0.458 e. The van der Waals surface area contributed by atoms with Gasteiger partial charge in [-0.25, -0.2) is 0 Å². The lowest BCUT2D eigenvalue weighted by molar-refractivity contribution is 0.486. The van der Waals surface area contributed by atoms with E-state index in [0.717, 1.165) is 45.9 Å². The zero-order valence-electron chi connectivity index (χ0n) is 37.7. The fourth-order valence-corrected chi connectivity index (χ4v) is 16.0. The molecule has 0 atom stereocenters. The van der Waals surface area contributed by atoms with Crippen LogP contribution < -0.4 is 89.6 Å². The predicted octanol–water partition coefficient (Wildman–Crippen LogP) is 6.88. The van der Waals surface area contributed by atoms with Crippen LogP contribution in [0.2, 0.25) is 0 Å². The van der Waals surface area contributed by atoms with Gasteiger partial charge in [0.25, 0.3) is 26.9 Å². The fourth-order valence-electron chi connectivity index (χ4n) is 13.6. The number of hydrogen-bond donors (Lipinski definition) is 0. The highest BCUT2D eigenvalue weighted by molar-refractivity contribution is 8.00. The third-order valence-corrected chi connectivity index (χ3v) is 18.6. The van der Waals surface area contributed by atoms with Gasteiger partial charge in [0.2, 0.25) is 0 Å². The Morgan fingerprint density at radius 1 is 0.282 bits per heavy atom. The number of benzene rings is 10. The van der Waals surface area contributed by atoms with E-state index in [-0.39, 0.29) is 26.9 Å². The second-order valence-corrected chi connectivity index (χ2v) is 21.9. The molecule has 0 saturated carbocycles. The first-order valence-electron chi connectivity index (χ1n) is 24.4. The van der Waals surface area contributed by atoms with E-state index in [2.05, 4.69) is 204 Å². The SMILES string of the molecule is c1ccc(N2c3ccccc3B3c4cc5c(cc4N4c6cc7c(cc6B6c8ccccc8Oc8cc2c3c4c86)B2c3ccccc3Oc3cccc(c32)S7)Sc2cccc3c2B5c2ccccc2O3)cc1. The molecule has 5 nitrogen and oxygen atoms in total. The van der Waals surface area contributed by atoms with Gasteiger partial charge < -0.3 is 24.0 Å². The van der Waals surface area contributed by atoms with Gasteiger partial charge in [0.1, 0.15) is 34.5 Å². The van der Waals surface area contributed by atoms with Crippen LogP contribution in [0, 0.1) is 0 Å². The first-order valence-corrected chi connectivity index (χ1v) is 26.1. The van der Waals surface area contributed by atoms with Crippen molar-refractivity contribution < 1.29 is 14.2 Å². The zero-order valence-corrected chi connectivity index (χ0v) is 39.4. The molecule has 0 aliphatic carbocycles. The molecule has 0 radical (unpaired) electrons. The Morgan fingerprint density at radius 3 is 1.32 bits per heavy atom. The van der Waals surface area contributed by atoms with E-state index in [4.69, 9.17) is 14.2 Å². The molecule has 0 fully saturated rings. The van der Waals surface area contributed by atoms with Crippen molar-refractivity contribution in [3.05, 3.63) is 194 Å². The molecule has 324 valence electrons. The third kappa shape index (κ3) is 4.81. The molecule has 18 rings (SSSR count). The Labute approximate surface area is 419 Å². The van der Waals surface area contributed by atoms with Gasteiger partial charge in [0.05, 0.1) is 0 Å². The maximum atomic E-state index is 7.27. The smallest absolute Gasteiger partial charge is 0.256 e. The summed E-state index contributed by atoms with van der Waals surface area (Å²) in [5, 5.41) is 0. The number of para-hydroxylation sites is 5. The van der Waals surface area contributed by atoms with Crippen molar-refractivity contribution in [2.24, 2.45) is 0 Å². The standard InChI is InChI=1S/C60H32B4N2O3S2/c1-2-14-33(15-3-1)65-42-20-8-4-16-34(42)61-38-28-40-54(70-52-26-12-24-49-57(52)63(40)36-18-6-9-21-46(36)67-49)31-43(38)66-44-32-55-41(64-37-19-7-10-22-47(37)68-50-25-13-27-53(71-55)58(50)64)29-39(44)62-35-17-5-11-23-48(35)69-51-30-45(65)56(61)60(66)59(51)62/h1-32H. The molecule has 71 heavy (non-hydrogen) atoms. The van der Waals surface area contributed by atoms with Crippen LogP contribution in [0.1, 0.15) is 0 Å². The second kappa shape index (κ2) is 13.5. The van der Waals surface area contributed by atoms with Crippen molar-refractivity contribution in [1.29, 1.82) is 0 Å². The summed E-state index contributed by atoms with van der Waals surface area (Å²) in [4.78, 5) is 10.2. The summed E-state index contributed by atoms with van der Waals surface area (Å²) in [6.45, 7) is -0.0958. The molecule has 8 heterocycles. The molecule has 0 unspecified atom stereocenters. The molecule has 8 aliphatic heterocycles. The maximum Gasteiger partial charge on any atom is 0.256 e. The van der Waals surface area contributed by atoms with Gasteiger partial charge in [-0.3, -0.25) is 0 Å². The Kier molecular flexibility index (Phi) is 7.23. The average Bonchev–Trinajstić information content (AvgIpc) is 3.43. The minimum absolute atomic E-state index is 0.0235. The molecule has 10 aromatic carbocycles. The van der Waals surface area contributed by atoms with Crippen LogP contribution in [0.5, 0.6) is 34.5 Å². The lowest BCUT2D eigenvalue weighted by Gasteiger charge is -2.50. The molecule has 0 aromatic heterocycles. The summed E-state index contributed by atoms with van der Waals surface area (Å²) < 4.78 is 20.6. The fraction of sp³-hybridized carbons (Fsp3) is 0. The Balaban J connectivity index is 0.970. The van der Waals surface area contributed by atoms with E-state index in [9.17, 15) is 0 Å². The van der Waals surface area contributed by atoms with Gasteiger partial charge in [-0.2, -0.15) is 0 Å². The summed E-state index contributed by atoms with van der Waals surface area (Å²) in [5.41, 5.74) is 22.3. The molecule has 0 spiro atoms. The molecular weight excluding hydrogens is 904 g/mol. The lowest BCUT2D eigenvalue weighted by Crippen LogP contribution is -2.69. The van der Waals surface area contributed by atoms with E-state index < -0.39 is 0 Å². The van der Waals surface area contributed by atoms with E-state index in [1.165, 1.54) is 108 Å². The summed E-state index contributed by atoms with van der Waals surface area (Å²) in [5.74, 6) is 5.56. The normalized spacial score (nSPS) is 15.1. The average molecular weight is 936 g/mol. The van der Waals surface area contributed by atoms with Crippen LogP contribution in [-0.4, -0.2) is 26.9 Å². The number of fused-ring (bicyclic) bond motifs is 18. The topological polar surface area (TPSA) is 34.2 Å². The largest absolute Gasteiger partial charge is 0.458 e. The van der Waals surface area contributed by atoms with Gasteiger partial charge in [-0.15, -0.1) is 0 Å². The molecule has 0 bridgehead atoms. The van der Waals surface area contributed by atoms with E-state index >= 15 is 0 Å². The molecule has 11 heteroatoms. The van der Waals surface area contributed by atoms with Gasteiger partial charge in [-0.1, -0.05) is 150 Å². The van der Waals surface area contributed by atoms with Crippen molar-refractivity contribution in [1.82, 2.24) is 0 Å².